The zero-order valence-corrected chi connectivity index (χ0v) is 13.8. The van der Waals surface area contributed by atoms with Gasteiger partial charge in [0.25, 0.3) is 0 Å². The van der Waals surface area contributed by atoms with Crippen LogP contribution in [0.2, 0.25) is 7.96 Å². The second-order valence-corrected chi connectivity index (χ2v) is 10.2. The first-order valence-corrected chi connectivity index (χ1v) is 12.1. The number of hydrogen-bond donors (Lipinski definition) is 0. The van der Waals surface area contributed by atoms with Crippen molar-refractivity contribution in [2.45, 2.75) is 73.2 Å². The Labute approximate surface area is 97.1 Å². The molecule has 0 rings (SSSR count). The van der Waals surface area contributed by atoms with Gasteiger partial charge in [-0.1, -0.05) is 0 Å². The molecule has 0 atom stereocenters. The molecular weight excluding hydrogens is 257 g/mol. The van der Waals surface area contributed by atoms with Crippen molar-refractivity contribution in [3.63, 3.8) is 0 Å². The molecule has 1 heteroatoms. The van der Waals surface area contributed by atoms with E-state index in [1.54, 1.807) is 14.4 Å². The van der Waals surface area contributed by atoms with Gasteiger partial charge in [0.1, 0.15) is 0 Å². The van der Waals surface area contributed by atoms with Crippen LogP contribution in [0.4, 0.5) is 0 Å². The van der Waals surface area contributed by atoms with Crippen LogP contribution in [-0.4, -0.2) is 0 Å². The van der Waals surface area contributed by atoms with Crippen molar-refractivity contribution >= 4 is 0 Å². The molecule has 0 aromatic rings. The van der Waals surface area contributed by atoms with Gasteiger partial charge in [-0.15, -0.1) is 0 Å². The van der Waals surface area contributed by atoms with E-state index >= 15 is 0 Å². The van der Waals surface area contributed by atoms with E-state index < -0.39 is 0 Å². The Morgan fingerprint density at radius 1 is 0.615 bits per heavy atom. The normalized spacial score (nSPS) is 10.0. The van der Waals surface area contributed by atoms with E-state index in [0.29, 0.717) is 0 Å². The van der Waals surface area contributed by atoms with Gasteiger partial charge in [-0.3, -0.25) is 0 Å². The summed E-state index contributed by atoms with van der Waals surface area (Å²) in [4.78, 5) is 0. The summed E-state index contributed by atoms with van der Waals surface area (Å²) in [5.74, 6) is 0. The van der Waals surface area contributed by atoms with Gasteiger partial charge in [-0.05, 0) is 0 Å². The van der Waals surface area contributed by atoms with E-state index in [1.807, 2.05) is 0 Å². The van der Waals surface area contributed by atoms with Crippen LogP contribution in [0.5, 0.6) is 0 Å². The molecular formula is C12H26Cd. The first kappa shape index (κ1) is 13.9. The third-order valence-corrected chi connectivity index (χ3v) is 8.42. The summed E-state index contributed by atoms with van der Waals surface area (Å²) in [5, 5.41) is 0. The van der Waals surface area contributed by atoms with Crippen LogP contribution in [0.25, 0.3) is 0 Å². The first-order valence-electron chi connectivity index (χ1n) is 6.41. The molecule has 0 aliphatic rings. The van der Waals surface area contributed by atoms with Gasteiger partial charge in [0.2, 0.25) is 0 Å². The molecule has 0 unspecified atom stereocenters. The Kier molecular flexibility index (Phi) is 13.8. The molecule has 0 saturated carbocycles. The summed E-state index contributed by atoms with van der Waals surface area (Å²) in [7, 11) is 0. The molecule has 0 aromatic carbocycles. The summed E-state index contributed by atoms with van der Waals surface area (Å²) in [6.45, 7) is 4.61. The monoisotopic (exact) mass is 284 g/mol. The summed E-state index contributed by atoms with van der Waals surface area (Å²) in [5.41, 5.74) is 0. The Morgan fingerprint density at radius 3 is 1.85 bits per heavy atom. The van der Waals surface area contributed by atoms with Crippen LogP contribution < -0.4 is 0 Å². The molecule has 0 aliphatic heterocycles. The summed E-state index contributed by atoms with van der Waals surface area (Å²) < 4.78 is 3.36. The van der Waals surface area contributed by atoms with E-state index in [-0.39, 0.29) is 24.2 Å². The van der Waals surface area contributed by atoms with Gasteiger partial charge in [0.05, 0.1) is 0 Å². The number of rotatable bonds is 10. The van der Waals surface area contributed by atoms with Gasteiger partial charge in [0.15, 0.2) is 0 Å². The molecule has 0 radical (unpaired) electrons. The Bertz CT molecular complexity index is 71.2. The van der Waals surface area contributed by atoms with Gasteiger partial charge in [-0.25, -0.2) is 0 Å². The minimum atomic E-state index is -0.209. The molecule has 0 spiro atoms. The molecule has 0 N–H and O–H groups in total. The van der Waals surface area contributed by atoms with Gasteiger partial charge in [0, 0.05) is 0 Å². The van der Waals surface area contributed by atoms with Crippen molar-refractivity contribution < 1.29 is 24.2 Å². The van der Waals surface area contributed by atoms with E-state index in [0.717, 1.165) is 0 Å². The fraction of sp³-hybridized carbons (Fsp3) is 1.00. The summed E-state index contributed by atoms with van der Waals surface area (Å²) in [6.07, 6.45) is 11.9. The van der Waals surface area contributed by atoms with E-state index in [4.69, 9.17) is 0 Å². The quantitative estimate of drug-likeness (QED) is 0.388. The first-order chi connectivity index (χ1) is 6.41. The number of unbranched alkanes of at least 4 members (excludes halogenated alkanes) is 6. The molecule has 76 valence electrons. The van der Waals surface area contributed by atoms with E-state index in [9.17, 15) is 0 Å². The van der Waals surface area contributed by atoms with Crippen molar-refractivity contribution in [1.29, 1.82) is 0 Å². The molecule has 0 nitrogen and oxygen atoms in total. The fourth-order valence-corrected chi connectivity index (χ4v) is 7.20. The molecule has 0 bridgehead atoms. The SMILES string of the molecule is CCCCCCC[CH2][Cd][CH2]CCC. The predicted molar refractivity (Wildman–Crippen MR) is 57.9 cm³/mol. The average molecular weight is 283 g/mol. The average Bonchev–Trinajstić information content (AvgIpc) is 2.16. The van der Waals surface area contributed by atoms with Crippen molar-refractivity contribution in [2.24, 2.45) is 0 Å². The molecule has 13 heavy (non-hydrogen) atoms. The Morgan fingerprint density at radius 2 is 1.15 bits per heavy atom. The standard InChI is InChI=1S/C8H17.C4H9.Cd/c1-3-5-7-8-6-4-2;1-3-4-2;/h1,3-8H2,2H3;1,3-4H2,2H3;. The third-order valence-electron chi connectivity index (χ3n) is 2.71. The van der Waals surface area contributed by atoms with E-state index in [2.05, 4.69) is 13.8 Å². The van der Waals surface area contributed by atoms with Crippen molar-refractivity contribution in [2.75, 3.05) is 0 Å². The predicted octanol–water partition coefficient (Wildman–Crippen LogP) is 5.07. The molecule has 0 aliphatic carbocycles. The maximum absolute atomic E-state index is 2.32. The van der Waals surface area contributed by atoms with Crippen LogP contribution in [0.1, 0.15) is 65.2 Å². The van der Waals surface area contributed by atoms with Crippen LogP contribution >= 0.6 is 0 Å². The second kappa shape index (κ2) is 12.9. The Hall–Kier alpha value is 0.922. The zero-order valence-electron chi connectivity index (χ0n) is 9.78. The maximum atomic E-state index is 2.32. The molecule has 0 fully saturated rings. The van der Waals surface area contributed by atoms with Gasteiger partial charge < -0.3 is 0 Å². The van der Waals surface area contributed by atoms with Crippen LogP contribution in [0.3, 0.4) is 0 Å². The van der Waals surface area contributed by atoms with Crippen LogP contribution in [-0.2, 0) is 24.2 Å². The zero-order chi connectivity index (χ0) is 9.78. The van der Waals surface area contributed by atoms with Crippen LogP contribution in [0.15, 0.2) is 0 Å². The minimum absolute atomic E-state index is 0.209. The molecule has 0 heterocycles. The fourth-order valence-electron chi connectivity index (χ4n) is 1.74. The van der Waals surface area contributed by atoms with Gasteiger partial charge in [-0.2, -0.15) is 0 Å². The van der Waals surface area contributed by atoms with E-state index in [1.165, 1.54) is 44.9 Å². The van der Waals surface area contributed by atoms with Crippen molar-refractivity contribution in [3.05, 3.63) is 0 Å². The molecule has 0 amide bonds. The number of hydrogen-bond acceptors (Lipinski definition) is 0. The van der Waals surface area contributed by atoms with Crippen molar-refractivity contribution in [1.82, 2.24) is 0 Å². The second-order valence-electron chi connectivity index (χ2n) is 4.18. The van der Waals surface area contributed by atoms with Crippen LogP contribution in [0, 0.1) is 0 Å². The summed E-state index contributed by atoms with van der Waals surface area (Å²) in [6, 6.07) is 0. The molecule has 0 saturated heterocycles. The molecule has 0 aromatic heterocycles. The van der Waals surface area contributed by atoms with Gasteiger partial charge >= 0.3 is 97.4 Å². The third kappa shape index (κ3) is 12.9. The van der Waals surface area contributed by atoms with Crippen molar-refractivity contribution in [3.8, 4) is 0 Å². The Balaban J connectivity index is 2.76. The summed E-state index contributed by atoms with van der Waals surface area (Å²) >= 11 is -0.209. The topological polar surface area (TPSA) is 0 Å².